The van der Waals surface area contributed by atoms with Crippen molar-refractivity contribution >= 4 is 22.9 Å². The first-order chi connectivity index (χ1) is 13.7. The number of hydrogen-bond donors (Lipinski definition) is 2. The average molecular weight is 384 g/mol. The van der Waals surface area contributed by atoms with Crippen molar-refractivity contribution < 1.29 is 9.47 Å². The van der Waals surface area contributed by atoms with E-state index in [-0.39, 0.29) is 12.1 Å². The fourth-order valence-electron chi connectivity index (χ4n) is 3.79. The van der Waals surface area contributed by atoms with E-state index >= 15 is 0 Å². The van der Waals surface area contributed by atoms with Crippen molar-refractivity contribution in [3.05, 3.63) is 12.3 Å². The van der Waals surface area contributed by atoms with E-state index in [2.05, 4.69) is 38.8 Å². The van der Waals surface area contributed by atoms with Crippen molar-refractivity contribution in [1.29, 1.82) is 0 Å². The molecule has 0 radical (unpaired) electrons. The number of H-pyrrole nitrogens is 2. The fourth-order valence-corrected chi connectivity index (χ4v) is 3.79. The second-order valence-corrected chi connectivity index (χ2v) is 7.34. The molecule has 0 unspecified atom stereocenters. The summed E-state index contributed by atoms with van der Waals surface area (Å²) < 4.78 is 11.2. The molecule has 0 spiro atoms. The van der Waals surface area contributed by atoms with E-state index in [0.29, 0.717) is 43.8 Å². The highest BCUT2D eigenvalue weighted by Crippen LogP contribution is 2.30. The number of nitrogens with one attached hydrogen (secondary N) is 2. The van der Waals surface area contributed by atoms with E-state index in [1.165, 1.54) is 0 Å². The molecule has 0 amide bonds. The zero-order valence-electron chi connectivity index (χ0n) is 16.1. The van der Waals surface area contributed by atoms with E-state index in [4.69, 9.17) is 24.4 Å². The molecule has 2 atom stereocenters. The summed E-state index contributed by atoms with van der Waals surface area (Å²) in [5.41, 5.74) is 2.31. The van der Waals surface area contributed by atoms with Gasteiger partial charge in [-0.15, -0.1) is 0 Å². The number of rotatable bonds is 3. The van der Waals surface area contributed by atoms with E-state index in [1.807, 2.05) is 6.07 Å². The molecule has 3 aromatic rings. The summed E-state index contributed by atoms with van der Waals surface area (Å²) in [4.78, 5) is 22.3. The van der Waals surface area contributed by atoms with Gasteiger partial charge in [0.1, 0.15) is 11.2 Å². The molecule has 5 heterocycles. The van der Waals surface area contributed by atoms with Gasteiger partial charge in [-0.05, 0) is 19.9 Å². The van der Waals surface area contributed by atoms with Crippen LogP contribution in [0.2, 0.25) is 0 Å². The molecule has 2 N–H and O–H groups in total. The van der Waals surface area contributed by atoms with Gasteiger partial charge in [-0.2, -0.15) is 15.1 Å². The fraction of sp³-hybridized carbons (Fsp3) is 0.556. The first-order valence-electron chi connectivity index (χ1n) is 9.67. The second-order valence-electron chi connectivity index (χ2n) is 7.34. The first kappa shape index (κ1) is 17.4. The van der Waals surface area contributed by atoms with E-state index in [9.17, 15) is 0 Å². The summed E-state index contributed by atoms with van der Waals surface area (Å²) in [7, 11) is 0. The van der Waals surface area contributed by atoms with Crippen LogP contribution >= 0.6 is 0 Å². The van der Waals surface area contributed by atoms with Crippen LogP contribution in [-0.2, 0) is 9.47 Å². The molecule has 0 aromatic carbocycles. The van der Waals surface area contributed by atoms with Gasteiger partial charge in [0, 0.05) is 19.3 Å². The Morgan fingerprint density at radius 3 is 2.43 bits per heavy atom. The smallest absolute Gasteiger partial charge is 0.229 e. The van der Waals surface area contributed by atoms with E-state index in [1.54, 1.807) is 6.20 Å². The van der Waals surface area contributed by atoms with Crippen LogP contribution in [0.4, 0.5) is 11.8 Å². The minimum Gasteiger partial charge on any atom is -0.377 e. The van der Waals surface area contributed by atoms with Crippen molar-refractivity contribution in [1.82, 2.24) is 30.1 Å². The molecule has 148 valence electrons. The first-order valence-corrected chi connectivity index (χ1v) is 9.67. The van der Waals surface area contributed by atoms with Crippen LogP contribution in [0.5, 0.6) is 0 Å². The quantitative estimate of drug-likeness (QED) is 0.693. The SMILES string of the molecule is C[C@@H]1COCCN1c1nc(N2CCOC[C@@H]2C)nc2nc(-c3ccn[nH]3)[nH]c12. The maximum Gasteiger partial charge on any atom is 0.229 e. The number of morpholine rings is 2. The van der Waals surface area contributed by atoms with Crippen LogP contribution < -0.4 is 9.80 Å². The summed E-state index contributed by atoms with van der Waals surface area (Å²) in [6.07, 6.45) is 1.71. The van der Waals surface area contributed by atoms with Crippen molar-refractivity contribution in [3.8, 4) is 11.5 Å². The highest BCUT2D eigenvalue weighted by molar-refractivity contribution is 5.87. The maximum atomic E-state index is 5.62. The zero-order chi connectivity index (χ0) is 19.1. The van der Waals surface area contributed by atoms with E-state index in [0.717, 1.165) is 30.1 Å². The Hall–Kier alpha value is -2.72. The molecule has 5 rings (SSSR count). The lowest BCUT2D eigenvalue weighted by Crippen LogP contribution is -2.46. The standard InChI is InChI=1S/C18H24N8O2/c1-11-9-27-7-5-25(11)17-14-16(21-15(20-14)13-3-4-19-24-13)22-18(23-17)26-6-8-28-10-12(26)2/h3-4,11-12H,5-10H2,1-2H3,(H,19,24)(H,20,21,22,23)/t11-,12+/m1/s1. The number of imidazole rings is 1. The van der Waals surface area contributed by atoms with Crippen molar-refractivity contribution in [2.24, 2.45) is 0 Å². The van der Waals surface area contributed by atoms with Gasteiger partial charge in [-0.1, -0.05) is 0 Å². The summed E-state index contributed by atoms with van der Waals surface area (Å²) in [6.45, 7) is 8.53. The predicted octanol–water partition coefficient (Wildman–Crippen LogP) is 1.19. The molecule has 2 saturated heterocycles. The van der Waals surface area contributed by atoms with Crippen LogP contribution in [0.25, 0.3) is 22.7 Å². The minimum atomic E-state index is 0.215. The van der Waals surface area contributed by atoms with Gasteiger partial charge in [-0.3, -0.25) is 5.10 Å². The third kappa shape index (κ3) is 2.98. The predicted molar refractivity (Wildman–Crippen MR) is 105 cm³/mol. The average Bonchev–Trinajstić information content (AvgIpc) is 3.37. The number of aromatic amines is 2. The lowest BCUT2D eigenvalue weighted by molar-refractivity contribution is 0.0973. The summed E-state index contributed by atoms with van der Waals surface area (Å²) in [5.74, 6) is 2.27. The van der Waals surface area contributed by atoms with Crippen LogP contribution in [0, 0.1) is 0 Å². The van der Waals surface area contributed by atoms with Gasteiger partial charge in [0.25, 0.3) is 0 Å². The summed E-state index contributed by atoms with van der Waals surface area (Å²) >= 11 is 0. The normalized spacial score (nSPS) is 23.5. The number of fused-ring (bicyclic) bond motifs is 1. The summed E-state index contributed by atoms with van der Waals surface area (Å²) in [6, 6.07) is 2.32. The van der Waals surface area contributed by atoms with Gasteiger partial charge in [0.2, 0.25) is 5.95 Å². The Kier molecular flexibility index (Phi) is 4.36. The molecule has 2 fully saturated rings. The Labute approximate surface area is 162 Å². The van der Waals surface area contributed by atoms with Crippen molar-refractivity contribution in [2.75, 3.05) is 49.3 Å². The Balaban J connectivity index is 1.65. The maximum absolute atomic E-state index is 5.62. The third-order valence-electron chi connectivity index (χ3n) is 5.34. The second kappa shape index (κ2) is 7.02. The number of ether oxygens (including phenoxy) is 2. The van der Waals surface area contributed by atoms with Crippen LogP contribution in [0.3, 0.4) is 0 Å². The van der Waals surface area contributed by atoms with Crippen LogP contribution in [-0.4, -0.2) is 81.7 Å². The topological polar surface area (TPSA) is 108 Å². The van der Waals surface area contributed by atoms with Crippen LogP contribution in [0.15, 0.2) is 12.3 Å². The molecular formula is C18H24N8O2. The Morgan fingerprint density at radius 1 is 1.00 bits per heavy atom. The highest BCUT2D eigenvalue weighted by Gasteiger charge is 2.28. The molecule has 2 aliphatic rings. The Bertz CT molecular complexity index is 956. The highest BCUT2D eigenvalue weighted by atomic mass is 16.5. The molecule has 28 heavy (non-hydrogen) atoms. The molecule has 0 saturated carbocycles. The summed E-state index contributed by atoms with van der Waals surface area (Å²) in [5, 5.41) is 6.98. The molecule has 10 nitrogen and oxygen atoms in total. The molecule has 0 bridgehead atoms. The number of hydrogen-bond acceptors (Lipinski definition) is 8. The van der Waals surface area contributed by atoms with Gasteiger partial charge >= 0.3 is 0 Å². The van der Waals surface area contributed by atoms with Gasteiger partial charge in [0.05, 0.1) is 38.5 Å². The monoisotopic (exact) mass is 384 g/mol. The molecule has 10 heteroatoms. The largest absolute Gasteiger partial charge is 0.377 e. The molecular weight excluding hydrogens is 360 g/mol. The molecule has 2 aliphatic heterocycles. The minimum absolute atomic E-state index is 0.215. The van der Waals surface area contributed by atoms with Crippen molar-refractivity contribution in [2.45, 2.75) is 25.9 Å². The van der Waals surface area contributed by atoms with Crippen molar-refractivity contribution in [3.63, 3.8) is 0 Å². The lowest BCUT2D eigenvalue weighted by Gasteiger charge is -2.36. The lowest BCUT2D eigenvalue weighted by atomic mass is 10.2. The number of aromatic nitrogens is 6. The molecule has 0 aliphatic carbocycles. The van der Waals surface area contributed by atoms with Gasteiger partial charge in [-0.25, -0.2) is 4.98 Å². The van der Waals surface area contributed by atoms with Gasteiger partial charge < -0.3 is 24.3 Å². The number of anilines is 2. The zero-order valence-corrected chi connectivity index (χ0v) is 16.1. The third-order valence-corrected chi connectivity index (χ3v) is 5.34. The Morgan fingerprint density at radius 2 is 1.75 bits per heavy atom. The van der Waals surface area contributed by atoms with Gasteiger partial charge in [0.15, 0.2) is 17.3 Å². The molecule has 3 aromatic heterocycles. The number of nitrogens with zero attached hydrogens (tertiary/aromatic N) is 6. The van der Waals surface area contributed by atoms with Crippen LogP contribution in [0.1, 0.15) is 13.8 Å². The van der Waals surface area contributed by atoms with E-state index < -0.39 is 0 Å².